The zero-order valence-corrected chi connectivity index (χ0v) is 12.9. The van der Waals surface area contributed by atoms with Crippen LogP contribution in [0.3, 0.4) is 0 Å². The Hall–Kier alpha value is -2.05. The first-order valence-corrected chi connectivity index (χ1v) is 6.95. The molecule has 0 fully saturated rings. The van der Waals surface area contributed by atoms with Crippen LogP contribution in [-0.2, 0) is 0 Å². The number of hydrogen-bond donors (Lipinski definition) is 3. The first-order valence-electron chi connectivity index (χ1n) is 5.77. The van der Waals surface area contributed by atoms with Crippen molar-refractivity contribution in [2.24, 2.45) is 0 Å². The second-order valence-corrected chi connectivity index (χ2v) is 5.45. The molecular weight excluding hydrogens is 360 g/mol. The van der Waals surface area contributed by atoms with Crippen LogP contribution in [0.5, 0.6) is 0 Å². The van der Waals surface area contributed by atoms with E-state index in [0.717, 1.165) is 0 Å². The van der Waals surface area contributed by atoms with E-state index in [1.54, 1.807) is 18.2 Å². The summed E-state index contributed by atoms with van der Waals surface area (Å²) >= 11 is 9.09. The molecule has 0 aliphatic carbocycles. The summed E-state index contributed by atoms with van der Waals surface area (Å²) in [7, 11) is 0. The number of nitrogens with two attached hydrogens (primary N) is 1. The summed E-state index contributed by atoms with van der Waals surface area (Å²) in [6, 6.07) is 8.98. The number of anilines is 2. The Balaban J connectivity index is 2.21. The van der Waals surface area contributed by atoms with E-state index in [1.165, 1.54) is 18.2 Å². The fourth-order valence-corrected chi connectivity index (χ4v) is 2.28. The number of rotatable bonds is 3. The van der Waals surface area contributed by atoms with Crippen molar-refractivity contribution in [3.8, 4) is 0 Å². The van der Waals surface area contributed by atoms with Crippen molar-refractivity contribution in [3.05, 3.63) is 57.0 Å². The average molecular weight is 370 g/mol. The van der Waals surface area contributed by atoms with Crippen LogP contribution in [0.2, 0.25) is 5.02 Å². The molecule has 108 valence electrons. The van der Waals surface area contributed by atoms with Crippen LogP contribution >= 0.6 is 27.5 Å². The lowest BCUT2D eigenvalue weighted by Crippen LogP contribution is -2.12. The summed E-state index contributed by atoms with van der Waals surface area (Å²) in [5.41, 5.74) is 6.98. The molecule has 0 aliphatic heterocycles. The monoisotopic (exact) mass is 368 g/mol. The van der Waals surface area contributed by atoms with Gasteiger partial charge >= 0.3 is 5.97 Å². The second-order valence-electron chi connectivity index (χ2n) is 4.19. The number of halogens is 2. The third kappa shape index (κ3) is 3.53. The highest BCUT2D eigenvalue weighted by Crippen LogP contribution is 2.23. The van der Waals surface area contributed by atoms with E-state index >= 15 is 0 Å². The Morgan fingerprint density at radius 3 is 2.48 bits per heavy atom. The minimum absolute atomic E-state index is 0.0232. The molecule has 0 aliphatic rings. The zero-order valence-electron chi connectivity index (χ0n) is 10.6. The van der Waals surface area contributed by atoms with Gasteiger partial charge in [-0.2, -0.15) is 0 Å². The molecule has 0 aromatic heterocycles. The molecule has 2 rings (SSSR count). The molecule has 1 amide bonds. The van der Waals surface area contributed by atoms with Gasteiger partial charge in [-0.25, -0.2) is 4.79 Å². The number of amides is 1. The van der Waals surface area contributed by atoms with Crippen LogP contribution in [0.25, 0.3) is 0 Å². The van der Waals surface area contributed by atoms with Gasteiger partial charge < -0.3 is 16.2 Å². The lowest BCUT2D eigenvalue weighted by atomic mass is 10.1. The highest BCUT2D eigenvalue weighted by molar-refractivity contribution is 9.10. The molecule has 0 saturated heterocycles. The molecule has 0 atom stereocenters. The SMILES string of the molecule is Nc1ccc(C(=O)Nc2ccc(C(=O)O)c(Cl)c2)cc1Br. The van der Waals surface area contributed by atoms with Crippen LogP contribution in [0.15, 0.2) is 40.9 Å². The van der Waals surface area contributed by atoms with Crippen LogP contribution in [0.1, 0.15) is 20.7 Å². The zero-order chi connectivity index (χ0) is 15.6. The van der Waals surface area contributed by atoms with E-state index in [2.05, 4.69) is 21.2 Å². The van der Waals surface area contributed by atoms with E-state index in [-0.39, 0.29) is 16.5 Å². The Morgan fingerprint density at radius 2 is 1.90 bits per heavy atom. The average Bonchev–Trinajstić information content (AvgIpc) is 2.41. The Kier molecular flexibility index (Phi) is 4.50. The maximum absolute atomic E-state index is 12.1. The molecule has 0 heterocycles. The largest absolute Gasteiger partial charge is 0.478 e. The minimum atomic E-state index is -1.12. The third-order valence-electron chi connectivity index (χ3n) is 2.72. The van der Waals surface area contributed by atoms with Crippen LogP contribution in [-0.4, -0.2) is 17.0 Å². The van der Waals surface area contributed by atoms with Crippen LogP contribution in [0, 0.1) is 0 Å². The van der Waals surface area contributed by atoms with E-state index in [0.29, 0.717) is 21.4 Å². The van der Waals surface area contributed by atoms with Crippen molar-refractivity contribution in [2.75, 3.05) is 11.1 Å². The number of carbonyl (C=O) groups is 2. The smallest absolute Gasteiger partial charge is 0.337 e. The first-order chi connectivity index (χ1) is 9.88. The molecule has 0 spiro atoms. The van der Waals surface area contributed by atoms with Crippen molar-refractivity contribution in [1.29, 1.82) is 0 Å². The number of carboxylic acid groups (broad SMARTS) is 1. The summed E-state index contributed by atoms with van der Waals surface area (Å²) in [6.45, 7) is 0. The van der Waals surface area contributed by atoms with E-state index in [4.69, 9.17) is 22.4 Å². The standard InChI is InChI=1S/C14H10BrClN2O3/c15-10-5-7(1-4-12(10)17)13(19)18-8-2-3-9(14(20)21)11(16)6-8/h1-6H,17H2,(H,18,19)(H,20,21). The van der Waals surface area contributed by atoms with Crippen molar-refractivity contribution in [1.82, 2.24) is 0 Å². The van der Waals surface area contributed by atoms with E-state index < -0.39 is 5.97 Å². The lowest BCUT2D eigenvalue weighted by Gasteiger charge is -2.08. The molecular formula is C14H10BrClN2O3. The number of nitrogen functional groups attached to an aromatic ring is 1. The Labute approximate surface area is 133 Å². The van der Waals surface area contributed by atoms with Gasteiger partial charge in [0.1, 0.15) is 0 Å². The van der Waals surface area contributed by atoms with Gasteiger partial charge in [-0.3, -0.25) is 4.79 Å². The molecule has 2 aromatic carbocycles. The van der Waals surface area contributed by atoms with Gasteiger partial charge in [0.2, 0.25) is 0 Å². The molecule has 5 nitrogen and oxygen atoms in total. The number of nitrogens with one attached hydrogen (secondary N) is 1. The molecule has 0 bridgehead atoms. The van der Waals surface area contributed by atoms with Crippen molar-refractivity contribution >= 4 is 50.8 Å². The van der Waals surface area contributed by atoms with Crippen molar-refractivity contribution < 1.29 is 14.7 Å². The normalized spacial score (nSPS) is 10.2. The second kappa shape index (κ2) is 6.15. The van der Waals surface area contributed by atoms with Gasteiger partial charge in [0, 0.05) is 21.4 Å². The summed E-state index contributed by atoms with van der Waals surface area (Å²) in [5.74, 6) is -1.48. The highest BCUT2D eigenvalue weighted by Gasteiger charge is 2.12. The quantitative estimate of drug-likeness (QED) is 0.720. The van der Waals surface area contributed by atoms with Gasteiger partial charge in [0.15, 0.2) is 0 Å². The Bertz CT molecular complexity index is 734. The fourth-order valence-electron chi connectivity index (χ4n) is 1.64. The van der Waals surface area contributed by atoms with Crippen molar-refractivity contribution in [2.45, 2.75) is 0 Å². The molecule has 0 unspecified atom stereocenters. The topological polar surface area (TPSA) is 92.4 Å². The lowest BCUT2D eigenvalue weighted by molar-refractivity contribution is 0.0697. The van der Waals surface area contributed by atoms with E-state index in [9.17, 15) is 9.59 Å². The minimum Gasteiger partial charge on any atom is -0.478 e. The number of benzene rings is 2. The predicted molar refractivity (Wildman–Crippen MR) is 84.9 cm³/mol. The maximum Gasteiger partial charge on any atom is 0.337 e. The van der Waals surface area contributed by atoms with E-state index in [1.807, 2.05) is 0 Å². The predicted octanol–water partition coefficient (Wildman–Crippen LogP) is 3.64. The van der Waals surface area contributed by atoms with Crippen LogP contribution < -0.4 is 11.1 Å². The third-order valence-corrected chi connectivity index (χ3v) is 3.72. The van der Waals surface area contributed by atoms with Gasteiger partial charge in [-0.05, 0) is 52.3 Å². The summed E-state index contributed by atoms with van der Waals surface area (Å²) in [6.07, 6.45) is 0. The molecule has 0 radical (unpaired) electrons. The maximum atomic E-state index is 12.1. The summed E-state index contributed by atoms with van der Waals surface area (Å²) < 4.78 is 0.620. The number of carbonyl (C=O) groups excluding carboxylic acids is 1. The summed E-state index contributed by atoms with van der Waals surface area (Å²) in [5, 5.41) is 11.6. The number of hydrogen-bond acceptors (Lipinski definition) is 3. The first kappa shape index (κ1) is 15.3. The van der Waals surface area contributed by atoms with Gasteiger partial charge in [0.05, 0.1) is 10.6 Å². The van der Waals surface area contributed by atoms with Crippen LogP contribution in [0.4, 0.5) is 11.4 Å². The number of aromatic carboxylic acids is 1. The molecule has 2 aromatic rings. The molecule has 0 saturated carbocycles. The number of carboxylic acids is 1. The molecule has 4 N–H and O–H groups in total. The van der Waals surface area contributed by atoms with Crippen molar-refractivity contribution in [3.63, 3.8) is 0 Å². The highest BCUT2D eigenvalue weighted by atomic mass is 79.9. The van der Waals surface area contributed by atoms with Gasteiger partial charge in [-0.1, -0.05) is 11.6 Å². The van der Waals surface area contributed by atoms with Gasteiger partial charge in [0.25, 0.3) is 5.91 Å². The van der Waals surface area contributed by atoms with Gasteiger partial charge in [-0.15, -0.1) is 0 Å². The summed E-state index contributed by atoms with van der Waals surface area (Å²) in [4.78, 5) is 22.9. The molecule has 7 heteroatoms. The molecule has 21 heavy (non-hydrogen) atoms. The Morgan fingerprint density at radius 1 is 1.19 bits per heavy atom. The fraction of sp³-hybridized carbons (Fsp3) is 0.